The third kappa shape index (κ3) is 3.94. The number of hydrogen-bond donors (Lipinski definition) is 1. The van der Waals surface area contributed by atoms with E-state index in [1.54, 1.807) is 0 Å². The first kappa shape index (κ1) is 18.2. The molecule has 3 fully saturated rings. The number of nitrogens with zero attached hydrogens (tertiary/aromatic N) is 2. The summed E-state index contributed by atoms with van der Waals surface area (Å²) in [5, 5.41) is 10.8. The molecule has 24 heavy (non-hydrogen) atoms. The van der Waals surface area contributed by atoms with E-state index < -0.39 is 0 Å². The van der Waals surface area contributed by atoms with Crippen molar-refractivity contribution in [1.82, 2.24) is 9.80 Å². The molecule has 0 saturated carbocycles. The van der Waals surface area contributed by atoms with Crippen molar-refractivity contribution in [2.45, 2.75) is 64.5 Å². The van der Waals surface area contributed by atoms with Crippen LogP contribution in [0.1, 0.15) is 52.4 Å². The van der Waals surface area contributed by atoms with Gasteiger partial charge in [0.1, 0.15) is 0 Å². The zero-order chi connectivity index (χ0) is 17.2. The van der Waals surface area contributed by atoms with E-state index in [-0.39, 0.29) is 17.4 Å². The van der Waals surface area contributed by atoms with E-state index in [0.29, 0.717) is 18.4 Å². The number of carbonyl (C=O) groups excluding carboxylic acids is 1. The molecule has 1 amide bonds. The quantitative estimate of drug-likeness (QED) is 0.854. The summed E-state index contributed by atoms with van der Waals surface area (Å²) in [6.45, 7) is 9.42. The molecular formula is C19H34N2O3. The van der Waals surface area contributed by atoms with Crippen molar-refractivity contribution in [3.8, 4) is 0 Å². The van der Waals surface area contributed by atoms with Gasteiger partial charge in [0.05, 0.1) is 6.10 Å². The predicted octanol–water partition coefficient (Wildman–Crippen LogP) is 1.89. The number of aliphatic hydroxyl groups is 1. The Labute approximate surface area is 146 Å². The molecule has 1 N–H and O–H groups in total. The second kappa shape index (κ2) is 7.71. The summed E-state index contributed by atoms with van der Waals surface area (Å²) >= 11 is 0. The number of aliphatic hydroxyl groups excluding tert-OH is 1. The van der Waals surface area contributed by atoms with E-state index in [2.05, 4.69) is 18.7 Å². The Morgan fingerprint density at radius 3 is 2.67 bits per heavy atom. The second-order valence-electron chi connectivity index (χ2n) is 8.50. The lowest BCUT2D eigenvalue weighted by Crippen LogP contribution is -2.61. The molecule has 5 heteroatoms. The summed E-state index contributed by atoms with van der Waals surface area (Å²) < 4.78 is 5.51. The minimum Gasteiger partial charge on any atom is -0.392 e. The van der Waals surface area contributed by atoms with Crippen LogP contribution in [0.3, 0.4) is 0 Å². The first-order valence-electron chi connectivity index (χ1n) is 9.78. The molecule has 3 heterocycles. The molecule has 0 radical (unpaired) electrons. The normalized spacial score (nSPS) is 33.3. The molecule has 3 aliphatic heterocycles. The van der Waals surface area contributed by atoms with Crippen molar-refractivity contribution >= 4 is 5.91 Å². The van der Waals surface area contributed by atoms with Crippen LogP contribution in [0.25, 0.3) is 0 Å². The first-order chi connectivity index (χ1) is 11.5. The predicted molar refractivity (Wildman–Crippen MR) is 93.7 cm³/mol. The lowest BCUT2D eigenvalue weighted by molar-refractivity contribution is -0.144. The van der Waals surface area contributed by atoms with Gasteiger partial charge in [0.2, 0.25) is 5.91 Å². The van der Waals surface area contributed by atoms with E-state index >= 15 is 0 Å². The van der Waals surface area contributed by atoms with Crippen molar-refractivity contribution in [3.05, 3.63) is 0 Å². The number of likely N-dealkylation sites (tertiary alicyclic amines) is 2. The summed E-state index contributed by atoms with van der Waals surface area (Å²) in [5.41, 5.74) is -0.124. The van der Waals surface area contributed by atoms with E-state index in [0.717, 1.165) is 71.5 Å². The van der Waals surface area contributed by atoms with Gasteiger partial charge < -0.3 is 14.7 Å². The van der Waals surface area contributed by atoms with Gasteiger partial charge in [-0.25, -0.2) is 0 Å². The molecule has 5 nitrogen and oxygen atoms in total. The fraction of sp³-hybridized carbons (Fsp3) is 0.947. The van der Waals surface area contributed by atoms with Crippen LogP contribution in [0.4, 0.5) is 0 Å². The van der Waals surface area contributed by atoms with Gasteiger partial charge in [-0.3, -0.25) is 9.69 Å². The van der Waals surface area contributed by atoms with Gasteiger partial charge in [-0.1, -0.05) is 13.8 Å². The monoisotopic (exact) mass is 338 g/mol. The Kier molecular flexibility index (Phi) is 5.83. The zero-order valence-corrected chi connectivity index (χ0v) is 15.4. The van der Waals surface area contributed by atoms with Crippen LogP contribution >= 0.6 is 0 Å². The highest BCUT2D eigenvalue weighted by Gasteiger charge is 2.47. The number of piperidine rings is 2. The number of carbonyl (C=O) groups is 1. The summed E-state index contributed by atoms with van der Waals surface area (Å²) in [4.78, 5) is 17.1. The van der Waals surface area contributed by atoms with Gasteiger partial charge in [0, 0.05) is 57.3 Å². The highest BCUT2D eigenvalue weighted by Crippen LogP contribution is 2.40. The standard InChI is InChI=1S/C19H34N2O3/c1-15(2)12-18(23)21-8-3-7-19(14-21)13-20(9-4-17(19)22)16-5-10-24-11-6-16/h15-17,22H,3-14H2,1-2H3/t17?,19-/m1/s1. The number of amides is 1. The van der Waals surface area contributed by atoms with Gasteiger partial charge in [-0.05, 0) is 38.0 Å². The van der Waals surface area contributed by atoms with Crippen molar-refractivity contribution in [2.75, 3.05) is 39.4 Å². The van der Waals surface area contributed by atoms with Gasteiger partial charge in [0.15, 0.2) is 0 Å². The van der Waals surface area contributed by atoms with Crippen molar-refractivity contribution in [3.63, 3.8) is 0 Å². The van der Waals surface area contributed by atoms with Crippen LogP contribution in [0.5, 0.6) is 0 Å². The fourth-order valence-electron chi connectivity index (χ4n) is 4.80. The molecule has 2 atom stereocenters. The maximum absolute atomic E-state index is 12.5. The highest BCUT2D eigenvalue weighted by atomic mass is 16.5. The summed E-state index contributed by atoms with van der Waals surface area (Å²) in [6.07, 6.45) is 5.44. The second-order valence-corrected chi connectivity index (χ2v) is 8.50. The number of ether oxygens (including phenoxy) is 1. The Balaban J connectivity index is 1.67. The maximum atomic E-state index is 12.5. The molecular weight excluding hydrogens is 304 g/mol. The molecule has 3 saturated heterocycles. The largest absolute Gasteiger partial charge is 0.392 e. The highest BCUT2D eigenvalue weighted by molar-refractivity contribution is 5.76. The lowest BCUT2D eigenvalue weighted by atomic mass is 9.71. The van der Waals surface area contributed by atoms with Crippen molar-refractivity contribution in [2.24, 2.45) is 11.3 Å². The van der Waals surface area contributed by atoms with Crippen LogP contribution in [0.2, 0.25) is 0 Å². The van der Waals surface area contributed by atoms with E-state index in [1.165, 1.54) is 0 Å². The summed E-state index contributed by atoms with van der Waals surface area (Å²) in [7, 11) is 0. The molecule has 0 aliphatic carbocycles. The third-order valence-electron chi connectivity index (χ3n) is 6.17. The molecule has 3 rings (SSSR count). The summed E-state index contributed by atoms with van der Waals surface area (Å²) in [5.74, 6) is 0.657. The maximum Gasteiger partial charge on any atom is 0.222 e. The average molecular weight is 338 g/mol. The topological polar surface area (TPSA) is 53.0 Å². The van der Waals surface area contributed by atoms with Crippen LogP contribution in [0.15, 0.2) is 0 Å². The van der Waals surface area contributed by atoms with Crippen molar-refractivity contribution in [1.29, 1.82) is 0 Å². The Morgan fingerprint density at radius 2 is 1.96 bits per heavy atom. The van der Waals surface area contributed by atoms with Crippen LogP contribution in [-0.4, -0.2) is 72.4 Å². The molecule has 0 aromatic carbocycles. The average Bonchev–Trinajstić information content (AvgIpc) is 2.58. The fourth-order valence-corrected chi connectivity index (χ4v) is 4.80. The lowest BCUT2D eigenvalue weighted by Gasteiger charge is -2.53. The molecule has 1 unspecified atom stereocenters. The Hall–Kier alpha value is -0.650. The van der Waals surface area contributed by atoms with Gasteiger partial charge >= 0.3 is 0 Å². The number of rotatable bonds is 3. The Bertz CT molecular complexity index is 436. The number of hydrogen-bond acceptors (Lipinski definition) is 4. The van der Waals surface area contributed by atoms with Gasteiger partial charge in [-0.2, -0.15) is 0 Å². The van der Waals surface area contributed by atoms with Gasteiger partial charge in [-0.15, -0.1) is 0 Å². The minimum atomic E-state index is -0.275. The SMILES string of the molecule is CC(C)CC(=O)N1CCC[C@]2(C1)CN(C1CCOCC1)CCC2O. The molecule has 0 aromatic heterocycles. The Morgan fingerprint density at radius 1 is 1.21 bits per heavy atom. The van der Waals surface area contributed by atoms with Gasteiger partial charge in [0.25, 0.3) is 0 Å². The molecule has 0 aromatic rings. The van der Waals surface area contributed by atoms with Crippen LogP contribution < -0.4 is 0 Å². The van der Waals surface area contributed by atoms with Crippen LogP contribution in [0, 0.1) is 11.3 Å². The van der Waals surface area contributed by atoms with E-state index in [9.17, 15) is 9.90 Å². The molecule has 0 bridgehead atoms. The molecule has 3 aliphatic rings. The molecule has 138 valence electrons. The van der Waals surface area contributed by atoms with E-state index in [1.807, 2.05) is 4.90 Å². The third-order valence-corrected chi connectivity index (χ3v) is 6.17. The minimum absolute atomic E-state index is 0.124. The summed E-state index contributed by atoms with van der Waals surface area (Å²) in [6, 6.07) is 0.588. The smallest absolute Gasteiger partial charge is 0.222 e. The van der Waals surface area contributed by atoms with Crippen molar-refractivity contribution < 1.29 is 14.6 Å². The van der Waals surface area contributed by atoms with Crippen LogP contribution in [-0.2, 0) is 9.53 Å². The molecule has 1 spiro atoms. The van der Waals surface area contributed by atoms with E-state index in [4.69, 9.17) is 4.74 Å². The first-order valence-corrected chi connectivity index (χ1v) is 9.78. The zero-order valence-electron chi connectivity index (χ0n) is 15.4.